The Labute approximate surface area is 219 Å². The molecule has 0 saturated heterocycles. The van der Waals surface area contributed by atoms with Crippen molar-refractivity contribution in [3.8, 4) is 11.4 Å². The zero-order chi connectivity index (χ0) is 27.2. The molecule has 4 aromatic heterocycles. The molecule has 4 rings (SSSR count). The number of fused-ring (bicyclic) bond motifs is 1. The molecule has 0 atom stereocenters. The number of rotatable bonds is 8. The smallest absolute Gasteiger partial charge is 0.332 e. The van der Waals surface area contributed by atoms with Crippen molar-refractivity contribution in [3.05, 3.63) is 66.7 Å². The molecule has 0 radical (unpaired) electrons. The van der Waals surface area contributed by atoms with Gasteiger partial charge in [0, 0.05) is 49.3 Å². The van der Waals surface area contributed by atoms with Crippen molar-refractivity contribution in [3.63, 3.8) is 0 Å². The molecule has 4 aromatic rings. The lowest BCUT2D eigenvalue weighted by molar-refractivity contribution is -0.117. The van der Waals surface area contributed by atoms with E-state index in [0.717, 1.165) is 27.0 Å². The second kappa shape index (κ2) is 9.93. The Balaban J connectivity index is 2.07. The monoisotopic (exact) mass is 525 g/mol. The van der Waals surface area contributed by atoms with Crippen molar-refractivity contribution < 1.29 is 4.79 Å². The molecule has 0 fully saturated rings. The van der Waals surface area contributed by atoms with E-state index in [1.807, 2.05) is 63.8 Å². The van der Waals surface area contributed by atoms with Gasteiger partial charge in [0.15, 0.2) is 5.65 Å². The summed E-state index contributed by atoms with van der Waals surface area (Å²) in [7, 11) is 3.32. The van der Waals surface area contributed by atoms with Crippen molar-refractivity contribution >= 4 is 34.6 Å². The predicted octanol–water partition coefficient (Wildman–Crippen LogP) is 2.87. The van der Waals surface area contributed by atoms with E-state index in [4.69, 9.17) is 22.4 Å². The summed E-state index contributed by atoms with van der Waals surface area (Å²) >= 11 is 6.20. The molecule has 10 nitrogen and oxygen atoms in total. The number of aryl methyl sites for hydroxylation is 2. The fourth-order valence-electron chi connectivity index (χ4n) is 4.72. The van der Waals surface area contributed by atoms with Gasteiger partial charge in [0.25, 0.3) is 5.56 Å². The van der Waals surface area contributed by atoms with Crippen LogP contribution >= 0.6 is 11.6 Å². The summed E-state index contributed by atoms with van der Waals surface area (Å²) in [6.07, 6.45) is 5.65. The summed E-state index contributed by atoms with van der Waals surface area (Å²) in [5.41, 5.74) is 9.69. The maximum Gasteiger partial charge on any atom is 0.332 e. The highest BCUT2D eigenvalue weighted by Gasteiger charge is 2.25. The van der Waals surface area contributed by atoms with Gasteiger partial charge < -0.3 is 15.3 Å². The average molecular weight is 526 g/mol. The van der Waals surface area contributed by atoms with Crippen LogP contribution in [0.5, 0.6) is 0 Å². The summed E-state index contributed by atoms with van der Waals surface area (Å²) in [4.78, 5) is 41.5. The van der Waals surface area contributed by atoms with Gasteiger partial charge in [-0.05, 0) is 43.0 Å². The second-order valence-corrected chi connectivity index (χ2v) is 10.5. The highest BCUT2D eigenvalue weighted by atomic mass is 35.5. The number of H-pyrrole nitrogens is 1. The lowest BCUT2D eigenvalue weighted by atomic mass is 10.1. The average Bonchev–Trinajstić information content (AvgIpc) is 3.45. The molecule has 11 heteroatoms. The molecule has 0 unspecified atom stereocenters. The van der Waals surface area contributed by atoms with Crippen LogP contribution < -0.4 is 17.0 Å². The highest BCUT2D eigenvalue weighted by Crippen LogP contribution is 2.30. The first-order valence-corrected chi connectivity index (χ1v) is 12.4. The van der Waals surface area contributed by atoms with E-state index in [2.05, 4.69) is 4.98 Å². The normalized spacial score (nSPS) is 12.3. The number of amides is 1. The van der Waals surface area contributed by atoms with Crippen molar-refractivity contribution in [2.75, 3.05) is 0 Å². The topological polar surface area (TPSA) is 126 Å². The maximum atomic E-state index is 13.5. The quantitative estimate of drug-likeness (QED) is 0.367. The van der Waals surface area contributed by atoms with Crippen LogP contribution in [0.2, 0.25) is 0 Å². The van der Waals surface area contributed by atoms with Gasteiger partial charge in [-0.25, -0.2) is 4.79 Å². The van der Waals surface area contributed by atoms with Gasteiger partial charge in [0.05, 0.1) is 18.7 Å². The van der Waals surface area contributed by atoms with Gasteiger partial charge in [0.2, 0.25) is 5.91 Å². The lowest BCUT2D eigenvalue weighted by Gasteiger charge is -2.11. The number of primary amides is 1. The largest absolute Gasteiger partial charge is 0.369 e. The van der Waals surface area contributed by atoms with Crippen LogP contribution in [0, 0.1) is 12.8 Å². The molecule has 0 aliphatic rings. The molecule has 0 aliphatic heterocycles. The van der Waals surface area contributed by atoms with Gasteiger partial charge >= 0.3 is 5.69 Å². The van der Waals surface area contributed by atoms with Gasteiger partial charge in [-0.15, -0.1) is 0 Å². The van der Waals surface area contributed by atoms with E-state index >= 15 is 0 Å². The number of halogens is 1. The third-order valence-corrected chi connectivity index (χ3v) is 6.44. The zero-order valence-electron chi connectivity index (χ0n) is 21.9. The Hall–Kier alpha value is -3.79. The van der Waals surface area contributed by atoms with E-state index in [9.17, 15) is 14.4 Å². The Morgan fingerprint density at radius 3 is 2.59 bits per heavy atom. The first kappa shape index (κ1) is 26.3. The van der Waals surface area contributed by atoms with Crippen molar-refractivity contribution in [2.24, 2.45) is 25.7 Å². The van der Waals surface area contributed by atoms with E-state index in [1.54, 1.807) is 9.25 Å². The number of carbonyl (C=O) groups is 1. The van der Waals surface area contributed by atoms with Crippen LogP contribution in [0.25, 0.3) is 28.5 Å². The number of nitrogens with one attached hydrogen (secondary N) is 1. The van der Waals surface area contributed by atoms with E-state index < -0.39 is 17.2 Å². The van der Waals surface area contributed by atoms with Crippen molar-refractivity contribution in [1.29, 1.82) is 0 Å². The summed E-state index contributed by atoms with van der Waals surface area (Å²) in [5, 5.41) is 5.81. The number of carbonyl (C=O) groups excluding carboxylic acids is 1. The minimum Gasteiger partial charge on any atom is -0.369 e. The van der Waals surface area contributed by atoms with Gasteiger partial charge in [-0.3, -0.25) is 23.4 Å². The summed E-state index contributed by atoms with van der Waals surface area (Å²) in [6.45, 7) is 8.50. The summed E-state index contributed by atoms with van der Waals surface area (Å²) < 4.78 is 6.27. The highest BCUT2D eigenvalue weighted by molar-refractivity contribution is 6.31. The Bertz CT molecular complexity index is 1660. The molecule has 37 heavy (non-hydrogen) atoms. The SMILES string of the molecule is C/C(Cl)=C\c1c(Cn2nc3c(c2-c2cc(CC(N)=O)cn2C)c(=O)n(C)c(=O)n3CC(C)C)c[nH]c1C. The standard InChI is InChI=1S/C26H32ClN7O3/c1-14(2)11-33-24-22(25(36)32(6)26(33)37)23(20-8-17(9-21(28)35)12-31(20)5)34(30-24)13-18-10-29-16(4)19(18)7-15(3)27/h7-8,10,12,14,29H,9,11,13H2,1-6H3,(H2,28,35)/b15-7+. The fraction of sp³-hybridized carbons (Fsp3) is 0.385. The van der Waals surface area contributed by atoms with Crippen LogP contribution in [0.4, 0.5) is 0 Å². The molecule has 0 saturated carbocycles. The Morgan fingerprint density at radius 1 is 1.27 bits per heavy atom. The van der Waals surface area contributed by atoms with Crippen molar-refractivity contribution in [2.45, 2.75) is 47.2 Å². The molecular formula is C26H32ClN7O3. The molecule has 1 amide bonds. The molecular weight excluding hydrogens is 494 g/mol. The molecule has 4 heterocycles. The van der Waals surface area contributed by atoms with Gasteiger partial charge in [0.1, 0.15) is 11.1 Å². The summed E-state index contributed by atoms with van der Waals surface area (Å²) in [6, 6.07) is 1.83. The molecule has 3 N–H and O–H groups in total. The molecule has 196 valence electrons. The number of hydrogen-bond acceptors (Lipinski definition) is 4. The van der Waals surface area contributed by atoms with Gasteiger partial charge in [-0.2, -0.15) is 5.10 Å². The second-order valence-electron chi connectivity index (χ2n) is 9.93. The first-order valence-electron chi connectivity index (χ1n) is 12.0. The predicted molar refractivity (Wildman–Crippen MR) is 146 cm³/mol. The number of allylic oxidation sites excluding steroid dienone is 1. The number of aromatic nitrogens is 6. The van der Waals surface area contributed by atoms with Crippen molar-refractivity contribution in [1.82, 2.24) is 28.5 Å². The maximum absolute atomic E-state index is 13.5. The third-order valence-electron chi connectivity index (χ3n) is 6.33. The molecule has 0 aliphatic carbocycles. The number of nitrogens with zero attached hydrogens (tertiary/aromatic N) is 5. The fourth-order valence-corrected chi connectivity index (χ4v) is 4.82. The molecule has 0 spiro atoms. The minimum absolute atomic E-state index is 0.0664. The lowest BCUT2D eigenvalue weighted by Crippen LogP contribution is -2.38. The zero-order valence-corrected chi connectivity index (χ0v) is 22.7. The van der Waals surface area contributed by atoms with E-state index in [1.165, 1.54) is 7.05 Å². The number of hydrogen-bond donors (Lipinski definition) is 2. The van der Waals surface area contributed by atoms with E-state index in [0.29, 0.717) is 40.5 Å². The summed E-state index contributed by atoms with van der Waals surface area (Å²) in [5.74, 6) is -0.298. The van der Waals surface area contributed by atoms with Crippen LogP contribution in [0.3, 0.4) is 0 Å². The first-order chi connectivity index (χ1) is 17.4. The van der Waals surface area contributed by atoms with Crippen LogP contribution in [0.15, 0.2) is 33.1 Å². The van der Waals surface area contributed by atoms with E-state index in [-0.39, 0.29) is 12.3 Å². The Morgan fingerprint density at radius 2 is 1.97 bits per heavy atom. The number of aromatic amines is 1. The van der Waals surface area contributed by atoms with Crippen LogP contribution in [-0.2, 0) is 38.4 Å². The number of nitrogens with two attached hydrogens (primary N) is 1. The molecule has 0 aromatic carbocycles. The minimum atomic E-state index is -0.451. The third kappa shape index (κ3) is 4.93. The van der Waals surface area contributed by atoms with Gasteiger partial charge in [-0.1, -0.05) is 25.4 Å². The van der Waals surface area contributed by atoms with Crippen LogP contribution in [0.1, 0.15) is 43.2 Å². The molecule has 0 bridgehead atoms. The Kier molecular flexibility index (Phi) is 7.05. The van der Waals surface area contributed by atoms with Crippen LogP contribution in [-0.4, -0.2) is 34.4 Å².